The number of aliphatic hydroxyl groups is 1. The molecular weight excluding hydrogens is 328 g/mol. The zero-order valence-electron chi connectivity index (χ0n) is 15.8. The van der Waals surface area contributed by atoms with Gasteiger partial charge in [0.2, 0.25) is 0 Å². The lowest BCUT2D eigenvalue weighted by molar-refractivity contribution is 0.0950. The topological polar surface area (TPSA) is 71.5 Å². The van der Waals surface area contributed by atoms with E-state index in [-0.39, 0.29) is 5.91 Å². The lowest BCUT2D eigenvalue weighted by Crippen LogP contribution is -2.24. The number of carbonyl (C=O) groups is 1. The van der Waals surface area contributed by atoms with Crippen molar-refractivity contribution in [3.8, 4) is 17.6 Å². The minimum absolute atomic E-state index is 0.187. The third-order valence-electron chi connectivity index (χ3n) is 3.83. The molecule has 0 radical (unpaired) electrons. The number of nitrogens with one attached hydrogen (secondary N) is 1. The Labute approximate surface area is 154 Å². The van der Waals surface area contributed by atoms with Crippen molar-refractivity contribution in [2.75, 3.05) is 7.11 Å². The normalized spacial score (nSPS) is 10.7. The van der Waals surface area contributed by atoms with Crippen LogP contribution in [0.1, 0.15) is 46.6 Å². The third-order valence-corrected chi connectivity index (χ3v) is 3.83. The van der Waals surface area contributed by atoms with Crippen molar-refractivity contribution in [2.45, 2.75) is 39.8 Å². The highest BCUT2D eigenvalue weighted by atomic mass is 16.5. The maximum absolute atomic E-state index is 12.3. The van der Waals surface area contributed by atoms with Gasteiger partial charge in [-0.15, -0.1) is 0 Å². The summed E-state index contributed by atoms with van der Waals surface area (Å²) in [6, 6.07) is 6.93. The average molecular weight is 352 g/mol. The molecule has 1 heterocycles. The van der Waals surface area contributed by atoms with Gasteiger partial charge in [0.15, 0.2) is 0 Å². The fourth-order valence-corrected chi connectivity index (χ4v) is 2.45. The summed E-state index contributed by atoms with van der Waals surface area (Å²) in [5.41, 5.74) is 2.89. The molecule has 0 fully saturated rings. The van der Waals surface area contributed by atoms with Crippen LogP contribution in [-0.4, -0.2) is 28.7 Å². The van der Waals surface area contributed by atoms with Gasteiger partial charge in [0.25, 0.3) is 5.91 Å². The van der Waals surface area contributed by atoms with Crippen molar-refractivity contribution in [2.24, 2.45) is 0 Å². The Kier molecular flexibility index (Phi) is 6.01. The van der Waals surface area contributed by atoms with Crippen LogP contribution in [0.15, 0.2) is 30.5 Å². The molecule has 136 valence electrons. The maximum atomic E-state index is 12.3. The van der Waals surface area contributed by atoms with E-state index in [1.165, 1.54) is 0 Å². The second kappa shape index (κ2) is 8.03. The summed E-state index contributed by atoms with van der Waals surface area (Å²) in [7, 11) is 1.63. The van der Waals surface area contributed by atoms with E-state index in [1.54, 1.807) is 51.4 Å². The van der Waals surface area contributed by atoms with Crippen LogP contribution in [0.4, 0.5) is 0 Å². The van der Waals surface area contributed by atoms with Crippen molar-refractivity contribution >= 4 is 5.91 Å². The van der Waals surface area contributed by atoms with Crippen LogP contribution in [0.2, 0.25) is 0 Å². The second-order valence-electron chi connectivity index (χ2n) is 6.62. The molecule has 0 bridgehead atoms. The van der Waals surface area contributed by atoms with Gasteiger partial charge in [-0.1, -0.05) is 11.8 Å². The highest BCUT2D eigenvalue weighted by Gasteiger charge is 2.11. The molecule has 5 nitrogen and oxygen atoms in total. The number of hydrogen-bond donors (Lipinski definition) is 2. The number of aromatic nitrogens is 1. The molecule has 2 N–H and O–H groups in total. The number of hydrogen-bond acceptors (Lipinski definition) is 4. The van der Waals surface area contributed by atoms with E-state index >= 15 is 0 Å². The van der Waals surface area contributed by atoms with Crippen LogP contribution in [0, 0.1) is 25.7 Å². The summed E-state index contributed by atoms with van der Waals surface area (Å²) < 4.78 is 5.38. The first-order chi connectivity index (χ1) is 12.2. The van der Waals surface area contributed by atoms with Crippen LogP contribution in [0.25, 0.3) is 0 Å². The van der Waals surface area contributed by atoms with E-state index in [0.29, 0.717) is 12.1 Å². The first-order valence-electron chi connectivity index (χ1n) is 8.34. The molecule has 0 unspecified atom stereocenters. The molecule has 26 heavy (non-hydrogen) atoms. The number of benzene rings is 1. The Bertz CT molecular complexity index is 854. The number of amides is 1. The maximum Gasteiger partial charge on any atom is 0.251 e. The summed E-state index contributed by atoms with van der Waals surface area (Å²) in [6.45, 7) is 7.43. The van der Waals surface area contributed by atoms with Crippen molar-refractivity contribution in [1.82, 2.24) is 10.3 Å². The highest BCUT2D eigenvalue weighted by Crippen LogP contribution is 2.23. The second-order valence-corrected chi connectivity index (χ2v) is 6.62. The Morgan fingerprint density at radius 1 is 1.27 bits per heavy atom. The first-order valence-corrected chi connectivity index (χ1v) is 8.34. The lowest BCUT2D eigenvalue weighted by Gasteiger charge is -2.13. The average Bonchev–Trinajstić information content (AvgIpc) is 2.59. The lowest BCUT2D eigenvalue weighted by atomic mass is 10.1. The third kappa shape index (κ3) is 5.08. The van der Waals surface area contributed by atoms with E-state index in [4.69, 9.17) is 4.74 Å². The summed E-state index contributed by atoms with van der Waals surface area (Å²) in [6.07, 6.45) is 1.74. The van der Waals surface area contributed by atoms with Gasteiger partial charge in [-0.2, -0.15) is 0 Å². The van der Waals surface area contributed by atoms with Gasteiger partial charge in [0.05, 0.1) is 19.3 Å². The van der Waals surface area contributed by atoms with E-state index in [1.807, 2.05) is 13.8 Å². The number of rotatable bonds is 4. The molecule has 0 aliphatic carbocycles. The standard InChI is InChI=1S/C21H24N2O3/c1-14-12-22-18(15(2)19(14)26-5)13-23-20(24)17-8-6-16(7-9-17)10-11-21(3,4)25/h6-9,12,25H,13H2,1-5H3,(H,23,24). The van der Waals surface area contributed by atoms with Crippen LogP contribution >= 0.6 is 0 Å². The predicted octanol–water partition coefficient (Wildman–Crippen LogP) is 2.76. The summed E-state index contributed by atoms with van der Waals surface area (Å²) in [5, 5.41) is 12.5. The van der Waals surface area contributed by atoms with Gasteiger partial charge in [-0.05, 0) is 52.0 Å². The van der Waals surface area contributed by atoms with Gasteiger partial charge < -0.3 is 15.2 Å². The van der Waals surface area contributed by atoms with Crippen LogP contribution in [0.3, 0.4) is 0 Å². The van der Waals surface area contributed by atoms with Crippen LogP contribution in [0.5, 0.6) is 5.75 Å². The minimum atomic E-state index is -1.05. The van der Waals surface area contributed by atoms with Crippen molar-refractivity contribution in [3.05, 3.63) is 58.4 Å². The monoisotopic (exact) mass is 352 g/mol. The van der Waals surface area contributed by atoms with Gasteiger partial charge in [-0.3, -0.25) is 9.78 Å². The molecule has 2 aromatic rings. The van der Waals surface area contributed by atoms with Gasteiger partial charge in [0, 0.05) is 28.5 Å². The molecule has 0 spiro atoms. The van der Waals surface area contributed by atoms with Gasteiger partial charge >= 0.3 is 0 Å². The fourth-order valence-electron chi connectivity index (χ4n) is 2.45. The van der Waals surface area contributed by atoms with E-state index < -0.39 is 5.60 Å². The number of carbonyl (C=O) groups excluding carboxylic acids is 1. The van der Waals surface area contributed by atoms with Crippen molar-refractivity contribution in [1.29, 1.82) is 0 Å². The fraction of sp³-hybridized carbons (Fsp3) is 0.333. The zero-order chi connectivity index (χ0) is 19.3. The number of aryl methyl sites for hydroxylation is 1. The predicted molar refractivity (Wildman–Crippen MR) is 101 cm³/mol. The zero-order valence-corrected chi connectivity index (χ0v) is 15.8. The van der Waals surface area contributed by atoms with Crippen molar-refractivity contribution < 1.29 is 14.6 Å². The molecule has 0 aliphatic rings. The number of nitrogens with zero attached hydrogens (tertiary/aromatic N) is 1. The number of ether oxygens (including phenoxy) is 1. The molecule has 0 saturated carbocycles. The highest BCUT2D eigenvalue weighted by molar-refractivity contribution is 5.94. The Morgan fingerprint density at radius 3 is 2.50 bits per heavy atom. The Morgan fingerprint density at radius 2 is 1.92 bits per heavy atom. The molecule has 1 aromatic heterocycles. The first kappa shape index (κ1) is 19.5. The van der Waals surface area contributed by atoms with Gasteiger partial charge in [0.1, 0.15) is 11.4 Å². The van der Waals surface area contributed by atoms with E-state index in [0.717, 1.165) is 28.1 Å². The summed E-state index contributed by atoms with van der Waals surface area (Å²) in [4.78, 5) is 16.7. The quantitative estimate of drug-likeness (QED) is 0.830. The Hall–Kier alpha value is -2.84. The van der Waals surface area contributed by atoms with Crippen LogP contribution < -0.4 is 10.1 Å². The number of pyridine rings is 1. The van der Waals surface area contributed by atoms with Crippen molar-refractivity contribution in [3.63, 3.8) is 0 Å². The Balaban J connectivity index is 2.06. The minimum Gasteiger partial charge on any atom is -0.496 e. The van der Waals surface area contributed by atoms with E-state index in [9.17, 15) is 9.90 Å². The van der Waals surface area contributed by atoms with Gasteiger partial charge in [-0.25, -0.2) is 0 Å². The SMILES string of the molecule is COc1c(C)cnc(CNC(=O)c2ccc(C#CC(C)(C)O)cc2)c1C. The largest absolute Gasteiger partial charge is 0.496 e. The molecule has 2 rings (SSSR count). The molecule has 1 aromatic carbocycles. The summed E-state index contributed by atoms with van der Waals surface area (Å²) in [5.74, 6) is 6.22. The van der Waals surface area contributed by atoms with E-state index in [2.05, 4.69) is 22.1 Å². The molecule has 5 heteroatoms. The molecule has 1 amide bonds. The summed E-state index contributed by atoms with van der Waals surface area (Å²) >= 11 is 0. The number of methoxy groups -OCH3 is 1. The molecular formula is C21H24N2O3. The molecule has 0 aliphatic heterocycles. The molecule has 0 atom stereocenters. The molecule has 0 saturated heterocycles. The smallest absolute Gasteiger partial charge is 0.251 e. The van der Waals surface area contributed by atoms with Crippen LogP contribution in [-0.2, 0) is 6.54 Å².